The van der Waals surface area contributed by atoms with E-state index >= 15 is 0 Å². The Labute approximate surface area is 171 Å². The van der Waals surface area contributed by atoms with Crippen LogP contribution in [0.15, 0.2) is 54.6 Å². The molecule has 1 atom stereocenters. The van der Waals surface area contributed by atoms with E-state index in [1.54, 1.807) is 12.1 Å². The minimum Gasteiger partial charge on any atom is -0.354 e. The molecule has 29 heavy (non-hydrogen) atoms. The van der Waals surface area contributed by atoms with Crippen LogP contribution in [0.5, 0.6) is 0 Å². The monoisotopic (exact) mass is 414 g/mol. The number of fused-ring (bicyclic) bond motifs is 1. The molecule has 0 aliphatic carbocycles. The summed E-state index contributed by atoms with van der Waals surface area (Å²) in [6.07, 6.45) is 2.83. The minimum absolute atomic E-state index is 0.0864. The van der Waals surface area contributed by atoms with Crippen LogP contribution in [0.25, 0.3) is 0 Å². The van der Waals surface area contributed by atoms with Crippen LogP contribution in [0.1, 0.15) is 34.3 Å². The van der Waals surface area contributed by atoms with E-state index < -0.39 is 15.9 Å². The van der Waals surface area contributed by atoms with Gasteiger partial charge in [0.15, 0.2) is 0 Å². The molecule has 0 saturated carbocycles. The first kappa shape index (κ1) is 21.0. The summed E-state index contributed by atoms with van der Waals surface area (Å²) < 4.78 is 23.3. The number of hydrogen-bond acceptors (Lipinski definition) is 4. The molecule has 2 amide bonds. The molecule has 0 spiro atoms. The van der Waals surface area contributed by atoms with Gasteiger partial charge in [-0.05, 0) is 36.5 Å². The average Bonchev–Trinajstić information content (AvgIpc) is 3.02. The zero-order chi connectivity index (χ0) is 20.9. The molecule has 0 saturated heterocycles. The number of carbonyl (C=O) groups excluding carboxylic acids is 2. The van der Waals surface area contributed by atoms with E-state index in [9.17, 15) is 18.0 Å². The lowest BCUT2D eigenvalue weighted by Crippen LogP contribution is -2.48. The lowest BCUT2D eigenvalue weighted by molar-refractivity contribution is -0.125. The second kappa shape index (κ2) is 9.22. The second-order valence-electron chi connectivity index (χ2n) is 7.40. The summed E-state index contributed by atoms with van der Waals surface area (Å²) in [7, 11) is -3.25. The van der Waals surface area contributed by atoms with E-state index in [0.717, 1.165) is 24.7 Å². The number of sulfone groups is 1. The number of benzene rings is 2. The summed E-state index contributed by atoms with van der Waals surface area (Å²) in [6.45, 7) is 0.791. The van der Waals surface area contributed by atoms with Crippen LogP contribution in [0.2, 0.25) is 0 Å². The highest BCUT2D eigenvalue weighted by atomic mass is 32.2. The Kier molecular flexibility index (Phi) is 6.69. The van der Waals surface area contributed by atoms with E-state index in [1.807, 2.05) is 42.5 Å². The Morgan fingerprint density at radius 1 is 1.10 bits per heavy atom. The first-order chi connectivity index (χ1) is 13.8. The van der Waals surface area contributed by atoms with Crippen LogP contribution in [0.4, 0.5) is 0 Å². The van der Waals surface area contributed by atoms with Crippen molar-refractivity contribution in [1.82, 2.24) is 10.2 Å². The highest BCUT2D eigenvalue weighted by Gasteiger charge is 2.36. The summed E-state index contributed by atoms with van der Waals surface area (Å²) in [6, 6.07) is 16.4. The Hall–Kier alpha value is -2.67. The standard InChI is InChI=1S/C22H26N2O4S/c1-29(27,28)15-13-20(24-16-18-11-5-6-12-19(18)22(24)26)21(25)23-14-7-10-17-8-3-2-4-9-17/h2-6,8-9,11-12,20H,7,10,13-16H2,1H3,(H,23,25). The fourth-order valence-electron chi connectivity index (χ4n) is 3.55. The van der Waals surface area contributed by atoms with Gasteiger partial charge in [-0.15, -0.1) is 0 Å². The van der Waals surface area contributed by atoms with Gasteiger partial charge in [-0.1, -0.05) is 48.5 Å². The zero-order valence-corrected chi connectivity index (χ0v) is 17.3. The third kappa shape index (κ3) is 5.67. The van der Waals surface area contributed by atoms with Crippen molar-refractivity contribution in [3.63, 3.8) is 0 Å². The van der Waals surface area contributed by atoms with Crippen LogP contribution < -0.4 is 5.32 Å². The van der Waals surface area contributed by atoms with Crippen LogP contribution >= 0.6 is 0 Å². The Morgan fingerprint density at radius 2 is 1.79 bits per heavy atom. The smallest absolute Gasteiger partial charge is 0.255 e. The molecular formula is C22H26N2O4S. The number of amides is 2. The molecule has 1 N–H and O–H groups in total. The molecule has 154 valence electrons. The molecule has 3 rings (SSSR count). The Balaban J connectivity index is 1.63. The van der Waals surface area contributed by atoms with Gasteiger partial charge in [-0.2, -0.15) is 0 Å². The molecule has 1 unspecified atom stereocenters. The average molecular weight is 415 g/mol. The molecule has 0 bridgehead atoms. The lowest BCUT2D eigenvalue weighted by atomic mass is 10.1. The maximum atomic E-state index is 12.9. The number of aryl methyl sites for hydroxylation is 1. The highest BCUT2D eigenvalue weighted by Crippen LogP contribution is 2.25. The predicted molar refractivity (Wildman–Crippen MR) is 112 cm³/mol. The van der Waals surface area contributed by atoms with Crippen molar-refractivity contribution in [3.05, 3.63) is 71.3 Å². The van der Waals surface area contributed by atoms with Crippen LogP contribution in [-0.4, -0.2) is 49.7 Å². The topological polar surface area (TPSA) is 83.6 Å². The maximum absolute atomic E-state index is 12.9. The summed E-state index contributed by atoms with van der Waals surface area (Å²) >= 11 is 0. The van der Waals surface area contributed by atoms with E-state index in [2.05, 4.69) is 5.32 Å². The van der Waals surface area contributed by atoms with Gasteiger partial charge in [-0.3, -0.25) is 9.59 Å². The van der Waals surface area contributed by atoms with Gasteiger partial charge in [0.25, 0.3) is 5.91 Å². The van der Waals surface area contributed by atoms with Gasteiger partial charge in [0, 0.05) is 24.9 Å². The zero-order valence-electron chi connectivity index (χ0n) is 16.5. The van der Waals surface area contributed by atoms with E-state index in [-0.39, 0.29) is 24.0 Å². The van der Waals surface area contributed by atoms with Crippen molar-refractivity contribution in [2.45, 2.75) is 31.8 Å². The molecule has 6 nitrogen and oxygen atoms in total. The van der Waals surface area contributed by atoms with Crippen molar-refractivity contribution in [2.75, 3.05) is 18.6 Å². The summed E-state index contributed by atoms with van der Waals surface area (Å²) in [5.74, 6) is -0.670. The highest BCUT2D eigenvalue weighted by molar-refractivity contribution is 7.90. The minimum atomic E-state index is -3.25. The summed E-state index contributed by atoms with van der Waals surface area (Å²) in [4.78, 5) is 27.1. The van der Waals surface area contributed by atoms with Crippen LogP contribution in [0.3, 0.4) is 0 Å². The number of hydrogen-bond donors (Lipinski definition) is 1. The quantitative estimate of drug-likeness (QED) is 0.638. The first-order valence-electron chi connectivity index (χ1n) is 9.73. The van der Waals surface area contributed by atoms with Gasteiger partial charge < -0.3 is 10.2 Å². The maximum Gasteiger partial charge on any atom is 0.255 e. The van der Waals surface area contributed by atoms with Crippen molar-refractivity contribution < 1.29 is 18.0 Å². The predicted octanol–water partition coefficient (Wildman–Crippen LogP) is 2.19. The van der Waals surface area contributed by atoms with Crippen molar-refractivity contribution in [1.29, 1.82) is 0 Å². The Morgan fingerprint density at radius 3 is 2.48 bits per heavy atom. The molecule has 0 fully saturated rings. The molecular weight excluding hydrogens is 388 g/mol. The van der Waals surface area contributed by atoms with Crippen molar-refractivity contribution >= 4 is 21.7 Å². The molecule has 0 radical (unpaired) electrons. The number of carbonyl (C=O) groups is 2. The Bertz CT molecular complexity index is 973. The molecule has 0 aromatic heterocycles. The molecule has 1 heterocycles. The van der Waals surface area contributed by atoms with Gasteiger partial charge in [-0.25, -0.2) is 8.42 Å². The molecule has 1 aliphatic rings. The number of nitrogens with zero attached hydrogens (tertiary/aromatic N) is 1. The summed E-state index contributed by atoms with van der Waals surface area (Å²) in [5.41, 5.74) is 2.63. The van der Waals surface area contributed by atoms with Crippen molar-refractivity contribution in [2.24, 2.45) is 0 Å². The van der Waals surface area contributed by atoms with Gasteiger partial charge in [0.05, 0.1) is 5.75 Å². The third-order valence-electron chi connectivity index (χ3n) is 5.07. The first-order valence-corrected chi connectivity index (χ1v) is 11.8. The second-order valence-corrected chi connectivity index (χ2v) is 9.66. The molecule has 2 aromatic carbocycles. The molecule has 2 aromatic rings. The van der Waals surface area contributed by atoms with Crippen LogP contribution in [-0.2, 0) is 27.6 Å². The van der Waals surface area contributed by atoms with Gasteiger partial charge in [0.2, 0.25) is 5.91 Å². The molecule has 7 heteroatoms. The van der Waals surface area contributed by atoms with Gasteiger partial charge in [0.1, 0.15) is 15.9 Å². The van der Waals surface area contributed by atoms with E-state index in [1.165, 1.54) is 10.5 Å². The van der Waals surface area contributed by atoms with Gasteiger partial charge >= 0.3 is 0 Å². The van der Waals surface area contributed by atoms with E-state index in [4.69, 9.17) is 0 Å². The molecule has 1 aliphatic heterocycles. The normalized spacial score (nSPS) is 14.5. The fraction of sp³-hybridized carbons (Fsp3) is 0.364. The van der Waals surface area contributed by atoms with Crippen LogP contribution in [0, 0.1) is 0 Å². The lowest BCUT2D eigenvalue weighted by Gasteiger charge is -2.26. The van der Waals surface area contributed by atoms with Crippen molar-refractivity contribution in [3.8, 4) is 0 Å². The third-order valence-corrected chi connectivity index (χ3v) is 6.05. The fourth-order valence-corrected chi connectivity index (χ4v) is 4.20. The summed E-state index contributed by atoms with van der Waals surface area (Å²) in [5, 5.41) is 2.89. The largest absolute Gasteiger partial charge is 0.354 e. The number of nitrogens with one attached hydrogen (secondary N) is 1. The number of rotatable bonds is 9. The SMILES string of the molecule is CS(=O)(=O)CCC(C(=O)NCCCc1ccccc1)N1Cc2ccccc2C1=O. The van der Waals surface area contributed by atoms with E-state index in [0.29, 0.717) is 18.7 Å².